The fourth-order valence-electron chi connectivity index (χ4n) is 2.62. The number of nitrogens with one attached hydrogen (secondary N) is 2. The number of nitrogens with zero attached hydrogens (tertiary/aromatic N) is 1. The molecule has 0 radical (unpaired) electrons. The Labute approximate surface area is 154 Å². The molecule has 0 aliphatic heterocycles. The first-order valence-corrected chi connectivity index (χ1v) is 9.24. The van der Waals surface area contributed by atoms with Crippen LogP contribution in [0.3, 0.4) is 0 Å². The first kappa shape index (κ1) is 17.6. The van der Waals surface area contributed by atoms with Crippen molar-refractivity contribution >= 4 is 45.4 Å². The summed E-state index contributed by atoms with van der Waals surface area (Å²) in [5.41, 5.74) is 2.54. The fraction of sp³-hybridized carbons (Fsp3) is 0.278. The molecule has 2 aromatic heterocycles. The van der Waals surface area contributed by atoms with Gasteiger partial charge in [-0.3, -0.25) is 14.2 Å². The van der Waals surface area contributed by atoms with Crippen LogP contribution in [0.1, 0.15) is 22.9 Å². The predicted octanol–water partition coefficient (Wildman–Crippen LogP) is 3.94. The number of rotatable bonds is 4. The Morgan fingerprint density at radius 2 is 2.08 bits per heavy atom. The Kier molecular flexibility index (Phi) is 4.87. The van der Waals surface area contributed by atoms with Crippen LogP contribution in [0.15, 0.2) is 29.1 Å². The topological polar surface area (TPSA) is 66.9 Å². The average Bonchev–Trinajstić information content (AvgIpc) is 2.98. The van der Waals surface area contributed by atoms with Gasteiger partial charge in [-0.05, 0) is 55.7 Å². The largest absolute Gasteiger partial charge is 0.324 e. The van der Waals surface area contributed by atoms with Crippen LogP contribution in [-0.2, 0) is 17.8 Å². The van der Waals surface area contributed by atoms with Crippen LogP contribution in [0, 0.1) is 18.6 Å². The van der Waals surface area contributed by atoms with Crippen molar-refractivity contribution in [3.8, 4) is 0 Å². The summed E-state index contributed by atoms with van der Waals surface area (Å²) in [6.45, 7) is 5.81. The lowest BCUT2D eigenvalue weighted by atomic mass is 10.1. The first-order chi connectivity index (χ1) is 11.9. The van der Waals surface area contributed by atoms with E-state index >= 15 is 0 Å². The van der Waals surface area contributed by atoms with Crippen molar-refractivity contribution in [3.63, 3.8) is 0 Å². The number of amides is 1. The number of benzene rings is 1. The highest BCUT2D eigenvalue weighted by Crippen LogP contribution is 2.21. The monoisotopic (exact) mass is 373 g/mol. The molecule has 3 rings (SSSR count). The van der Waals surface area contributed by atoms with E-state index < -0.39 is 0 Å². The van der Waals surface area contributed by atoms with Gasteiger partial charge in [-0.1, -0.05) is 19.1 Å². The van der Waals surface area contributed by atoms with E-state index in [0.717, 1.165) is 32.9 Å². The maximum atomic E-state index is 12.7. The molecular formula is C18H19N3O2S2. The van der Waals surface area contributed by atoms with Gasteiger partial charge < -0.3 is 10.3 Å². The highest BCUT2D eigenvalue weighted by atomic mass is 32.1. The lowest BCUT2D eigenvalue weighted by Crippen LogP contribution is -2.28. The molecule has 0 saturated carbocycles. The van der Waals surface area contributed by atoms with Gasteiger partial charge in [-0.2, -0.15) is 0 Å². The molecule has 130 valence electrons. The number of aryl methyl sites for hydroxylation is 3. The molecule has 2 heterocycles. The quantitative estimate of drug-likeness (QED) is 0.681. The molecule has 0 spiro atoms. The van der Waals surface area contributed by atoms with E-state index in [-0.39, 0.29) is 22.8 Å². The minimum Gasteiger partial charge on any atom is -0.324 e. The zero-order valence-electron chi connectivity index (χ0n) is 14.3. The molecule has 0 atom stereocenters. The summed E-state index contributed by atoms with van der Waals surface area (Å²) in [4.78, 5) is 30.0. The van der Waals surface area contributed by atoms with Gasteiger partial charge in [0.05, 0.1) is 5.39 Å². The molecule has 1 aromatic carbocycles. The second kappa shape index (κ2) is 6.93. The molecule has 0 fully saturated rings. The molecule has 0 aliphatic carbocycles. The maximum Gasteiger partial charge on any atom is 0.263 e. The third-order valence-electron chi connectivity index (χ3n) is 4.04. The van der Waals surface area contributed by atoms with Gasteiger partial charge in [0, 0.05) is 10.6 Å². The Morgan fingerprint density at radius 3 is 2.80 bits per heavy atom. The molecule has 1 amide bonds. The highest BCUT2D eigenvalue weighted by Gasteiger charge is 2.13. The number of aromatic nitrogens is 2. The number of hydrogen-bond donors (Lipinski definition) is 2. The maximum absolute atomic E-state index is 12.7. The Morgan fingerprint density at radius 1 is 1.32 bits per heavy atom. The normalized spacial score (nSPS) is 11.0. The number of hydrogen-bond acceptors (Lipinski definition) is 4. The van der Waals surface area contributed by atoms with Gasteiger partial charge in [0.25, 0.3) is 5.56 Å². The fourth-order valence-corrected chi connectivity index (χ4v) is 3.92. The lowest BCUT2D eigenvalue weighted by Gasteiger charge is -2.10. The zero-order valence-corrected chi connectivity index (χ0v) is 15.9. The van der Waals surface area contributed by atoms with Gasteiger partial charge in [0.2, 0.25) is 5.91 Å². The highest BCUT2D eigenvalue weighted by molar-refractivity contribution is 7.71. The van der Waals surface area contributed by atoms with Crippen molar-refractivity contribution in [2.45, 2.75) is 33.7 Å². The standard InChI is InChI=1S/C18H19N3O2S2/c1-4-12-8-13-16(25-12)20-18(24)21(17(13)23)9-15(22)19-14-7-10(2)5-6-11(14)3/h5-8H,4,9H2,1-3H3,(H,19,22)(H,20,24). The van der Waals surface area contributed by atoms with E-state index in [9.17, 15) is 9.59 Å². The number of carbonyl (C=O) groups is 1. The van der Waals surface area contributed by atoms with Gasteiger partial charge >= 0.3 is 0 Å². The number of carbonyl (C=O) groups excluding carboxylic acids is 1. The van der Waals surface area contributed by atoms with Crippen molar-refractivity contribution in [1.29, 1.82) is 0 Å². The molecular weight excluding hydrogens is 354 g/mol. The SMILES string of the molecule is CCc1cc2c(=O)n(CC(=O)Nc3cc(C)ccc3C)c(=S)[nH]c2s1. The van der Waals surface area contributed by atoms with Crippen LogP contribution < -0.4 is 10.9 Å². The van der Waals surface area contributed by atoms with Crippen molar-refractivity contribution in [1.82, 2.24) is 9.55 Å². The summed E-state index contributed by atoms with van der Waals surface area (Å²) in [6.07, 6.45) is 0.854. The average molecular weight is 374 g/mol. The predicted molar refractivity (Wildman–Crippen MR) is 105 cm³/mol. The van der Waals surface area contributed by atoms with Gasteiger partial charge in [0.15, 0.2) is 4.77 Å². The van der Waals surface area contributed by atoms with Crippen LogP contribution in [0.4, 0.5) is 5.69 Å². The van der Waals surface area contributed by atoms with Crippen molar-refractivity contribution in [2.75, 3.05) is 5.32 Å². The molecule has 0 bridgehead atoms. The van der Waals surface area contributed by atoms with Crippen LogP contribution in [-0.4, -0.2) is 15.5 Å². The van der Waals surface area contributed by atoms with Crippen molar-refractivity contribution in [2.24, 2.45) is 0 Å². The van der Waals surface area contributed by atoms with Crippen molar-refractivity contribution in [3.05, 3.63) is 55.4 Å². The lowest BCUT2D eigenvalue weighted by molar-refractivity contribution is -0.116. The van der Waals surface area contributed by atoms with Gasteiger partial charge in [-0.15, -0.1) is 11.3 Å². The van der Waals surface area contributed by atoms with E-state index in [0.29, 0.717) is 5.39 Å². The number of aromatic amines is 1. The number of thiophene rings is 1. The summed E-state index contributed by atoms with van der Waals surface area (Å²) in [7, 11) is 0. The van der Waals surface area contributed by atoms with E-state index in [1.54, 1.807) is 0 Å². The first-order valence-electron chi connectivity index (χ1n) is 8.01. The number of H-pyrrole nitrogens is 1. The zero-order chi connectivity index (χ0) is 18.1. The van der Waals surface area contributed by atoms with Gasteiger partial charge in [0.1, 0.15) is 11.4 Å². The minimum atomic E-state index is -0.277. The third kappa shape index (κ3) is 3.57. The smallest absolute Gasteiger partial charge is 0.263 e. The second-order valence-electron chi connectivity index (χ2n) is 6.00. The van der Waals surface area contributed by atoms with Crippen LogP contribution >= 0.6 is 23.6 Å². The summed E-state index contributed by atoms with van der Waals surface area (Å²) in [6, 6.07) is 7.72. The molecule has 2 N–H and O–H groups in total. The Balaban J connectivity index is 1.92. The molecule has 0 saturated heterocycles. The van der Waals surface area contributed by atoms with Crippen LogP contribution in [0.2, 0.25) is 0 Å². The number of fused-ring (bicyclic) bond motifs is 1. The van der Waals surface area contributed by atoms with Crippen LogP contribution in [0.5, 0.6) is 0 Å². The third-order valence-corrected chi connectivity index (χ3v) is 5.56. The van der Waals surface area contributed by atoms with E-state index in [2.05, 4.69) is 10.3 Å². The molecule has 25 heavy (non-hydrogen) atoms. The van der Waals surface area contributed by atoms with Gasteiger partial charge in [-0.25, -0.2) is 0 Å². The second-order valence-corrected chi connectivity index (χ2v) is 7.52. The molecule has 0 unspecified atom stereocenters. The molecule has 5 nitrogen and oxygen atoms in total. The Hall–Kier alpha value is -2.25. The summed E-state index contributed by atoms with van der Waals surface area (Å²) in [5, 5.41) is 3.44. The minimum absolute atomic E-state index is 0.116. The number of anilines is 1. The summed E-state index contributed by atoms with van der Waals surface area (Å²) in [5.74, 6) is -0.277. The Bertz CT molecular complexity index is 1080. The van der Waals surface area contributed by atoms with E-state index in [4.69, 9.17) is 12.2 Å². The van der Waals surface area contributed by atoms with Crippen LogP contribution in [0.25, 0.3) is 10.2 Å². The summed E-state index contributed by atoms with van der Waals surface area (Å²) >= 11 is 6.80. The van der Waals surface area contributed by atoms with E-state index in [1.807, 2.05) is 45.0 Å². The van der Waals surface area contributed by atoms with E-state index in [1.165, 1.54) is 15.9 Å². The molecule has 7 heteroatoms. The summed E-state index contributed by atoms with van der Waals surface area (Å²) < 4.78 is 1.57. The molecule has 0 aliphatic rings. The molecule has 3 aromatic rings. The van der Waals surface area contributed by atoms with Crippen molar-refractivity contribution < 1.29 is 4.79 Å².